The van der Waals surface area contributed by atoms with E-state index in [9.17, 15) is 18.3 Å². The highest BCUT2D eigenvalue weighted by molar-refractivity contribution is 7.92. The molecule has 0 saturated heterocycles. The summed E-state index contributed by atoms with van der Waals surface area (Å²) in [4.78, 5) is 22.4. The lowest BCUT2D eigenvalue weighted by molar-refractivity contribution is 0.0129. The summed E-state index contributed by atoms with van der Waals surface area (Å²) in [6.07, 6.45) is 1.63. The van der Waals surface area contributed by atoms with Crippen molar-refractivity contribution < 1.29 is 18.3 Å². The number of aliphatic hydroxyl groups excluding tert-OH is 1. The molecule has 0 bridgehead atoms. The molecule has 0 radical (unpaired) electrons. The van der Waals surface area contributed by atoms with Gasteiger partial charge in [0.1, 0.15) is 5.82 Å². The number of carbonyl (C=O) groups is 1. The van der Waals surface area contributed by atoms with Gasteiger partial charge in [-0.05, 0) is 41.3 Å². The zero-order valence-electron chi connectivity index (χ0n) is 18.3. The molecule has 1 aliphatic rings. The summed E-state index contributed by atoms with van der Waals surface area (Å²) in [5.41, 5.74) is 1.09. The molecule has 1 unspecified atom stereocenters. The van der Waals surface area contributed by atoms with Gasteiger partial charge in [-0.3, -0.25) is 9.52 Å². The molecule has 8 nitrogen and oxygen atoms in total. The molecule has 172 valence electrons. The van der Waals surface area contributed by atoms with Crippen LogP contribution in [0, 0.1) is 0 Å². The molecule has 1 atom stereocenters. The number of fused-ring (bicyclic) bond motifs is 1. The first-order chi connectivity index (χ1) is 15.5. The third kappa shape index (κ3) is 4.44. The molecular formula is C23H23ClN4O4S. The van der Waals surface area contributed by atoms with Gasteiger partial charge >= 0.3 is 0 Å². The second-order valence-electron chi connectivity index (χ2n) is 8.74. The lowest BCUT2D eigenvalue weighted by Crippen LogP contribution is -2.28. The maximum absolute atomic E-state index is 13.1. The van der Waals surface area contributed by atoms with E-state index in [1.54, 1.807) is 18.2 Å². The Kier molecular flexibility index (Phi) is 5.90. The molecule has 1 amide bonds. The third-order valence-electron chi connectivity index (χ3n) is 5.43. The minimum atomic E-state index is -3.99. The largest absolute Gasteiger partial charge is 0.369 e. The topological polar surface area (TPSA) is 112 Å². The molecular weight excluding hydrogens is 464 g/mol. The van der Waals surface area contributed by atoms with Crippen molar-refractivity contribution in [1.82, 2.24) is 14.9 Å². The van der Waals surface area contributed by atoms with Crippen LogP contribution in [0.15, 0.2) is 59.8 Å². The van der Waals surface area contributed by atoms with Crippen molar-refractivity contribution in [3.05, 3.63) is 82.4 Å². The van der Waals surface area contributed by atoms with Crippen LogP contribution < -0.4 is 4.72 Å². The first kappa shape index (κ1) is 23.2. The highest BCUT2D eigenvalue weighted by Crippen LogP contribution is 2.41. The summed E-state index contributed by atoms with van der Waals surface area (Å²) < 4.78 is 28.6. The minimum absolute atomic E-state index is 0.0448. The fourth-order valence-corrected chi connectivity index (χ4v) is 4.96. The number of rotatable bonds is 5. The Bertz CT molecular complexity index is 1310. The van der Waals surface area contributed by atoms with Gasteiger partial charge in [-0.25, -0.2) is 18.4 Å². The number of benzene rings is 2. The monoisotopic (exact) mass is 486 g/mol. The Morgan fingerprint density at radius 3 is 2.33 bits per heavy atom. The number of aromatic nitrogens is 2. The van der Waals surface area contributed by atoms with Crippen molar-refractivity contribution in [2.75, 3.05) is 4.72 Å². The van der Waals surface area contributed by atoms with Crippen LogP contribution in [-0.4, -0.2) is 34.3 Å². The van der Waals surface area contributed by atoms with Gasteiger partial charge < -0.3 is 10.0 Å². The molecule has 3 aromatic rings. The van der Waals surface area contributed by atoms with Gasteiger partial charge in [0.05, 0.1) is 27.7 Å². The lowest BCUT2D eigenvalue weighted by Gasteiger charge is -2.21. The van der Waals surface area contributed by atoms with Gasteiger partial charge in [-0.15, -0.1) is 0 Å². The Hall–Kier alpha value is -3.01. The maximum atomic E-state index is 13.1. The minimum Gasteiger partial charge on any atom is -0.369 e. The summed E-state index contributed by atoms with van der Waals surface area (Å²) in [6, 6.07) is 11.1. The van der Waals surface area contributed by atoms with Crippen LogP contribution in [0.1, 0.15) is 54.3 Å². The predicted octanol–water partition coefficient (Wildman–Crippen LogP) is 3.88. The van der Waals surface area contributed by atoms with Crippen LogP contribution in [0.2, 0.25) is 5.02 Å². The van der Waals surface area contributed by atoms with E-state index < -0.39 is 22.2 Å². The number of nitrogens with one attached hydrogen (secondary N) is 1. The average molecular weight is 487 g/mol. The molecule has 4 rings (SSSR count). The number of hydrogen-bond acceptors (Lipinski definition) is 6. The van der Waals surface area contributed by atoms with Crippen LogP contribution in [0.5, 0.6) is 0 Å². The standard InChI is InChI=1S/C23H23ClN4O4S/c1-23(2,3)14-5-7-15(8-6-14)33(31,32)27-17-10-9-16(24)19-20(17)22(30)28(21(19)29)13-18-25-11-4-12-26-18/h4-12,22,27,30H,13H2,1-3H3. The zero-order valence-corrected chi connectivity index (χ0v) is 19.9. The van der Waals surface area contributed by atoms with Gasteiger partial charge in [0.2, 0.25) is 0 Å². The molecule has 2 heterocycles. The number of sulfonamides is 1. The Morgan fingerprint density at radius 1 is 1.09 bits per heavy atom. The lowest BCUT2D eigenvalue weighted by atomic mass is 9.87. The number of carbonyl (C=O) groups excluding carboxylic acids is 1. The molecule has 0 saturated carbocycles. The van der Waals surface area contributed by atoms with Crippen LogP contribution in [0.3, 0.4) is 0 Å². The van der Waals surface area contributed by atoms with E-state index in [0.29, 0.717) is 5.82 Å². The second kappa shape index (κ2) is 8.40. The van der Waals surface area contributed by atoms with Crippen LogP contribution in [0.25, 0.3) is 0 Å². The van der Waals surface area contributed by atoms with Crippen molar-refractivity contribution in [3.8, 4) is 0 Å². The molecule has 10 heteroatoms. The van der Waals surface area contributed by atoms with Crippen molar-refractivity contribution in [2.45, 2.75) is 43.9 Å². The highest BCUT2D eigenvalue weighted by atomic mass is 35.5. The van der Waals surface area contributed by atoms with Crippen molar-refractivity contribution in [2.24, 2.45) is 0 Å². The molecule has 1 aliphatic heterocycles. The Morgan fingerprint density at radius 2 is 1.73 bits per heavy atom. The average Bonchev–Trinajstić information content (AvgIpc) is 3.02. The molecule has 0 fully saturated rings. The summed E-state index contributed by atoms with van der Waals surface area (Å²) >= 11 is 6.25. The number of amides is 1. The van der Waals surface area contributed by atoms with Crippen LogP contribution in [-0.2, 0) is 22.0 Å². The molecule has 1 aromatic heterocycles. The molecule has 2 N–H and O–H groups in total. The van der Waals surface area contributed by atoms with E-state index in [1.807, 2.05) is 20.8 Å². The van der Waals surface area contributed by atoms with E-state index >= 15 is 0 Å². The quantitative estimate of drug-likeness (QED) is 0.566. The van der Waals surface area contributed by atoms with Gasteiger partial charge in [0, 0.05) is 18.0 Å². The molecule has 0 aliphatic carbocycles. The summed E-state index contributed by atoms with van der Waals surface area (Å²) in [5, 5.41) is 11.0. The summed E-state index contributed by atoms with van der Waals surface area (Å²) in [6.45, 7) is 6.05. The smallest absolute Gasteiger partial charge is 0.261 e. The zero-order chi connectivity index (χ0) is 24.0. The highest BCUT2D eigenvalue weighted by Gasteiger charge is 2.40. The number of anilines is 1. The van der Waals surface area contributed by atoms with Crippen LogP contribution in [0.4, 0.5) is 5.69 Å². The second-order valence-corrected chi connectivity index (χ2v) is 10.8. The predicted molar refractivity (Wildman–Crippen MR) is 124 cm³/mol. The normalized spacial score (nSPS) is 16.1. The first-order valence-corrected chi connectivity index (χ1v) is 12.1. The molecule has 2 aromatic carbocycles. The third-order valence-corrected chi connectivity index (χ3v) is 7.13. The van der Waals surface area contributed by atoms with Gasteiger partial charge in [-0.2, -0.15) is 0 Å². The van der Waals surface area contributed by atoms with Gasteiger partial charge in [-0.1, -0.05) is 44.5 Å². The van der Waals surface area contributed by atoms with Crippen molar-refractivity contribution >= 4 is 33.2 Å². The van der Waals surface area contributed by atoms with Gasteiger partial charge in [0.25, 0.3) is 15.9 Å². The van der Waals surface area contributed by atoms with E-state index in [4.69, 9.17) is 11.6 Å². The molecule has 0 spiro atoms. The Labute approximate surface area is 197 Å². The fourth-order valence-electron chi connectivity index (χ4n) is 3.64. The van der Waals surface area contributed by atoms with Crippen molar-refractivity contribution in [3.63, 3.8) is 0 Å². The van der Waals surface area contributed by atoms with E-state index in [-0.39, 0.29) is 38.7 Å². The number of hydrogen-bond donors (Lipinski definition) is 2. The Balaban J connectivity index is 1.67. The SMILES string of the molecule is CC(C)(C)c1ccc(S(=O)(=O)Nc2ccc(Cl)c3c2C(O)N(Cc2ncccn2)C3=O)cc1. The summed E-state index contributed by atoms with van der Waals surface area (Å²) in [5.74, 6) is -0.208. The fraction of sp³-hybridized carbons (Fsp3) is 0.261. The number of nitrogens with zero attached hydrogens (tertiary/aromatic N) is 3. The first-order valence-electron chi connectivity index (χ1n) is 10.2. The van der Waals surface area contributed by atoms with Crippen molar-refractivity contribution in [1.29, 1.82) is 0 Å². The number of halogens is 1. The maximum Gasteiger partial charge on any atom is 0.261 e. The van der Waals surface area contributed by atoms with E-state index in [2.05, 4.69) is 14.7 Å². The van der Waals surface area contributed by atoms with E-state index in [0.717, 1.165) is 10.5 Å². The van der Waals surface area contributed by atoms with Gasteiger partial charge in [0.15, 0.2) is 6.23 Å². The number of aliphatic hydroxyl groups is 1. The van der Waals surface area contributed by atoms with Crippen LogP contribution >= 0.6 is 11.6 Å². The van der Waals surface area contributed by atoms with E-state index in [1.165, 1.54) is 36.7 Å². The molecule has 33 heavy (non-hydrogen) atoms. The summed E-state index contributed by atoms with van der Waals surface area (Å²) in [7, 11) is -3.99.